The molecule has 3 aromatic rings. The van der Waals surface area contributed by atoms with E-state index < -0.39 is 20.0 Å². The predicted molar refractivity (Wildman–Crippen MR) is 140 cm³/mol. The Labute approximate surface area is 211 Å². The van der Waals surface area contributed by atoms with Crippen molar-refractivity contribution in [1.29, 1.82) is 0 Å². The average Bonchev–Trinajstić information content (AvgIpc) is 3.14. The molecule has 1 fully saturated rings. The van der Waals surface area contributed by atoms with Crippen LogP contribution >= 0.6 is 11.8 Å². The summed E-state index contributed by atoms with van der Waals surface area (Å²) in [4.78, 5) is 2.21. The molecule has 1 aliphatic heterocycles. The van der Waals surface area contributed by atoms with Gasteiger partial charge in [-0.05, 0) is 61.9 Å². The van der Waals surface area contributed by atoms with Gasteiger partial charge < -0.3 is 10.2 Å². The Morgan fingerprint density at radius 3 is 2.37 bits per heavy atom. The number of aryl methyl sites for hydroxylation is 1. The van der Waals surface area contributed by atoms with Gasteiger partial charge in [0, 0.05) is 37.1 Å². The highest BCUT2D eigenvalue weighted by atomic mass is 35.5. The Hall–Kier alpha value is -2.79. The summed E-state index contributed by atoms with van der Waals surface area (Å²) in [5, 5.41) is 3.33. The van der Waals surface area contributed by atoms with Crippen LogP contribution in [0, 0.1) is 6.92 Å². The van der Waals surface area contributed by atoms with E-state index in [1.165, 1.54) is 24.3 Å². The first-order valence-corrected chi connectivity index (χ1v) is 14.4. The van der Waals surface area contributed by atoms with Gasteiger partial charge in [0.05, 0.1) is 21.2 Å². The standard InChI is InChI=1S/C24H27ClN4O4S2/c1-19-8-5-6-11-24(19)35(32,33)29(25)23-13-12-20(28-16-7-14-26-15-17-28)18-22(23)27-34(30,31)21-9-3-2-4-10-21/h2-6,8-13,18,26-27H,7,14-17H2,1H3. The van der Waals surface area contributed by atoms with Crippen LogP contribution in [0.4, 0.5) is 17.1 Å². The number of nitrogens with one attached hydrogen (secondary N) is 2. The molecular weight excluding hydrogens is 508 g/mol. The van der Waals surface area contributed by atoms with Gasteiger partial charge in [-0.1, -0.05) is 36.4 Å². The van der Waals surface area contributed by atoms with Gasteiger partial charge in [0.2, 0.25) is 0 Å². The predicted octanol–water partition coefficient (Wildman–Crippen LogP) is 3.94. The molecule has 186 valence electrons. The van der Waals surface area contributed by atoms with Crippen molar-refractivity contribution in [3.05, 3.63) is 78.4 Å². The minimum Gasteiger partial charge on any atom is -0.370 e. The van der Waals surface area contributed by atoms with E-state index in [4.69, 9.17) is 11.8 Å². The Balaban J connectivity index is 1.79. The van der Waals surface area contributed by atoms with Crippen molar-refractivity contribution < 1.29 is 16.8 Å². The van der Waals surface area contributed by atoms with Crippen LogP contribution < -0.4 is 18.8 Å². The topological polar surface area (TPSA) is 98.8 Å². The number of sulfonamides is 2. The third kappa shape index (κ3) is 5.56. The average molecular weight is 535 g/mol. The highest BCUT2D eigenvalue weighted by Crippen LogP contribution is 2.37. The quantitative estimate of drug-likeness (QED) is 0.445. The second-order valence-corrected chi connectivity index (χ2v) is 12.2. The fraction of sp³-hybridized carbons (Fsp3) is 0.250. The van der Waals surface area contributed by atoms with Crippen LogP contribution in [0.15, 0.2) is 82.6 Å². The molecule has 1 heterocycles. The van der Waals surface area contributed by atoms with Crippen LogP contribution in [0.5, 0.6) is 0 Å². The van der Waals surface area contributed by atoms with Crippen molar-refractivity contribution in [2.45, 2.75) is 23.1 Å². The van der Waals surface area contributed by atoms with Crippen molar-refractivity contribution >= 4 is 48.9 Å². The number of rotatable bonds is 7. The van der Waals surface area contributed by atoms with Crippen LogP contribution in [0.1, 0.15) is 12.0 Å². The number of hydrogen-bond donors (Lipinski definition) is 2. The first-order valence-electron chi connectivity index (χ1n) is 11.1. The summed E-state index contributed by atoms with van der Waals surface area (Å²) < 4.78 is 56.2. The first-order chi connectivity index (χ1) is 16.7. The molecule has 35 heavy (non-hydrogen) atoms. The largest absolute Gasteiger partial charge is 0.370 e. The Bertz CT molecular complexity index is 1390. The maximum atomic E-state index is 13.4. The third-order valence-corrected chi connectivity index (χ3v) is 9.50. The van der Waals surface area contributed by atoms with Gasteiger partial charge in [0.25, 0.3) is 20.0 Å². The van der Waals surface area contributed by atoms with E-state index in [0.717, 1.165) is 38.3 Å². The fourth-order valence-electron chi connectivity index (χ4n) is 3.92. The number of anilines is 3. The number of hydrogen-bond acceptors (Lipinski definition) is 6. The van der Waals surface area contributed by atoms with Gasteiger partial charge in [-0.3, -0.25) is 4.72 Å². The Morgan fingerprint density at radius 2 is 1.63 bits per heavy atom. The molecular formula is C24H27ClN4O4S2. The van der Waals surface area contributed by atoms with Gasteiger partial charge >= 0.3 is 0 Å². The normalized spacial score (nSPS) is 14.9. The van der Waals surface area contributed by atoms with Crippen LogP contribution in [0.2, 0.25) is 0 Å². The van der Waals surface area contributed by atoms with Gasteiger partial charge in [-0.15, -0.1) is 0 Å². The molecule has 0 aromatic heterocycles. The molecule has 1 saturated heterocycles. The summed E-state index contributed by atoms with van der Waals surface area (Å²) in [6.45, 7) is 4.87. The molecule has 0 amide bonds. The summed E-state index contributed by atoms with van der Waals surface area (Å²) in [6, 6.07) is 19.3. The van der Waals surface area contributed by atoms with Crippen molar-refractivity contribution in [3.63, 3.8) is 0 Å². The monoisotopic (exact) mass is 534 g/mol. The van der Waals surface area contributed by atoms with E-state index in [2.05, 4.69) is 14.9 Å². The second-order valence-electron chi connectivity index (χ2n) is 8.20. The Kier molecular flexibility index (Phi) is 7.56. The molecule has 4 rings (SSSR count). The van der Waals surface area contributed by atoms with E-state index >= 15 is 0 Å². The maximum absolute atomic E-state index is 13.4. The van der Waals surface area contributed by atoms with Crippen LogP contribution in [-0.2, 0) is 20.0 Å². The lowest BCUT2D eigenvalue weighted by molar-refractivity contribution is 0.596. The molecule has 0 atom stereocenters. The highest BCUT2D eigenvalue weighted by molar-refractivity contribution is 7.94. The summed E-state index contributed by atoms with van der Waals surface area (Å²) in [6.07, 6.45) is 0.927. The lowest BCUT2D eigenvalue weighted by Crippen LogP contribution is -2.28. The van der Waals surface area contributed by atoms with E-state index in [1.54, 1.807) is 55.5 Å². The first kappa shape index (κ1) is 25.3. The zero-order valence-corrected chi connectivity index (χ0v) is 21.6. The number of benzene rings is 3. The Morgan fingerprint density at radius 1 is 0.914 bits per heavy atom. The van der Waals surface area contributed by atoms with Gasteiger partial charge in [0.1, 0.15) is 0 Å². The molecule has 0 spiro atoms. The molecule has 1 aliphatic rings. The minimum atomic E-state index is -4.17. The maximum Gasteiger partial charge on any atom is 0.278 e. The highest BCUT2D eigenvalue weighted by Gasteiger charge is 2.29. The zero-order chi connectivity index (χ0) is 25.1. The summed E-state index contributed by atoms with van der Waals surface area (Å²) >= 11 is 6.44. The molecule has 0 bridgehead atoms. The lowest BCUT2D eigenvalue weighted by Gasteiger charge is -2.26. The van der Waals surface area contributed by atoms with E-state index in [9.17, 15) is 16.8 Å². The van der Waals surface area contributed by atoms with Crippen molar-refractivity contribution in [3.8, 4) is 0 Å². The molecule has 0 radical (unpaired) electrons. The van der Waals surface area contributed by atoms with E-state index in [1.807, 2.05) is 0 Å². The van der Waals surface area contributed by atoms with Crippen molar-refractivity contribution in [2.75, 3.05) is 39.6 Å². The fourth-order valence-corrected chi connectivity index (χ4v) is 6.70. The van der Waals surface area contributed by atoms with Gasteiger partial charge in [0.15, 0.2) is 0 Å². The lowest BCUT2D eigenvalue weighted by atomic mass is 10.2. The molecule has 8 nitrogen and oxygen atoms in total. The molecule has 0 unspecified atom stereocenters. The molecule has 0 saturated carbocycles. The smallest absolute Gasteiger partial charge is 0.278 e. The van der Waals surface area contributed by atoms with E-state index in [-0.39, 0.29) is 21.2 Å². The number of nitrogens with zero attached hydrogens (tertiary/aromatic N) is 2. The van der Waals surface area contributed by atoms with E-state index in [0.29, 0.717) is 9.39 Å². The van der Waals surface area contributed by atoms with Gasteiger partial charge in [-0.2, -0.15) is 12.2 Å². The summed E-state index contributed by atoms with van der Waals surface area (Å²) in [7, 11) is -8.17. The molecule has 0 aliphatic carbocycles. The summed E-state index contributed by atoms with van der Waals surface area (Å²) in [5.74, 6) is 0. The molecule has 2 N–H and O–H groups in total. The van der Waals surface area contributed by atoms with Crippen LogP contribution in [0.25, 0.3) is 0 Å². The molecule has 3 aromatic carbocycles. The van der Waals surface area contributed by atoms with Crippen LogP contribution in [0.3, 0.4) is 0 Å². The van der Waals surface area contributed by atoms with Crippen molar-refractivity contribution in [2.24, 2.45) is 0 Å². The SMILES string of the molecule is Cc1ccccc1S(=O)(=O)N(Cl)c1ccc(N2CCCNCC2)cc1NS(=O)(=O)c1ccccc1. The third-order valence-electron chi connectivity index (χ3n) is 5.76. The zero-order valence-electron chi connectivity index (χ0n) is 19.2. The minimum absolute atomic E-state index is 0.00567. The number of halogens is 1. The molecule has 11 heteroatoms. The van der Waals surface area contributed by atoms with Crippen molar-refractivity contribution in [1.82, 2.24) is 5.32 Å². The van der Waals surface area contributed by atoms with Gasteiger partial charge in [-0.25, -0.2) is 8.42 Å². The van der Waals surface area contributed by atoms with Crippen LogP contribution in [-0.4, -0.2) is 43.0 Å². The summed E-state index contributed by atoms with van der Waals surface area (Å²) in [5.41, 5.74) is 1.36. The second kappa shape index (κ2) is 10.4.